The number of ether oxygens (including phenoxy) is 2. The lowest BCUT2D eigenvalue weighted by atomic mass is 9.98. The monoisotopic (exact) mass is 473 g/mol. The molecule has 1 aliphatic heterocycles. The Labute approximate surface area is 205 Å². The minimum absolute atomic E-state index is 0.0430. The molecule has 2 heterocycles. The second kappa shape index (κ2) is 9.84. The first kappa shape index (κ1) is 24.3. The minimum Gasteiger partial charge on any atom is -0.497 e. The van der Waals surface area contributed by atoms with Crippen molar-refractivity contribution in [2.24, 2.45) is 10.7 Å². The second-order valence-electron chi connectivity index (χ2n) is 9.37. The summed E-state index contributed by atoms with van der Waals surface area (Å²) in [6.45, 7) is 7.91. The number of carbonyl (C=O) groups is 1. The van der Waals surface area contributed by atoms with Crippen molar-refractivity contribution in [3.63, 3.8) is 0 Å². The van der Waals surface area contributed by atoms with Crippen LogP contribution in [0.4, 0.5) is 0 Å². The summed E-state index contributed by atoms with van der Waals surface area (Å²) < 4.78 is 13.1. The zero-order valence-electron chi connectivity index (χ0n) is 20.8. The van der Waals surface area contributed by atoms with Crippen LogP contribution < -0.4 is 10.5 Å². The number of methoxy groups -OCH3 is 1. The molecule has 0 aliphatic carbocycles. The Kier molecular flexibility index (Phi) is 6.84. The third-order valence-corrected chi connectivity index (χ3v) is 5.54. The fourth-order valence-electron chi connectivity index (χ4n) is 4.07. The summed E-state index contributed by atoms with van der Waals surface area (Å²) in [5, 5.41) is 8.70. The van der Waals surface area contributed by atoms with Gasteiger partial charge in [-0.3, -0.25) is 14.4 Å². The van der Waals surface area contributed by atoms with Gasteiger partial charge in [0.1, 0.15) is 23.2 Å². The van der Waals surface area contributed by atoms with Crippen LogP contribution >= 0.6 is 0 Å². The van der Waals surface area contributed by atoms with Gasteiger partial charge in [0, 0.05) is 17.7 Å². The van der Waals surface area contributed by atoms with Crippen LogP contribution in [0.2, 0.25) is 0 Å². The number of fused-ring (bicyclic) bond motifs is 3. The zero-order valence-corrected chi connectivity index (χ0v) is 20.8. The summed E-state index contributed by atoms with van der Waals surface area (Å²) in [4.78, 5) is 17.9. The van der Waals surface area contributed by atoms with Crippen LogP contribution in [0.3, 0.4) is 0 Å². The normalized spacial score (nSPS) is 15.3. The maximum atomic E-state index is 12.8. The molecular formula is C27H31N5O3. The van der Waals surface area contributed by atoms with Gasteiger partial charge in [-0.15, -0.1) is 10.2 Å². The second-order valence-corrected chi connectivity index (χ2v) is 9.37. The van der Waals surface area contributed by atoms with Crippen LogP contribution in [-0.4, -0.2) is 45.7 Å². The maximum Gasteiger partial charge on any atom is 0.308 e. The van der Waals surface area contributed by atoms with E-state index in [0.29, 0.717) is 23.9 Å². The topological polar surface area (TPSA) is 105 Å². The van der Waals surface area contributed by atoms with Crippen LogP contribution in [0.15, 0.2) is 53.5 Å². The van der Waals surface area contributed by atoms with Gasteiger partial charge in [0.25, 0.3) is 0 Å². The van der Waals surface area contributed by atoms with E-state index in [1.807, 2.05) is 86.9 Å². The number of aliphatic imine (C=N–C) groups is 1. The standard InChI is InChI=1S/C27H31N5O3/c1-17-30-31-26-22(16-24(33)35-27(2,3)4)29-25(19-10-8-18(9-11-19)7-6-14-28)21-15-20(34-5)12-13-23(21)32(17)26/h6-13,15,22H,14,16,28H2,1-5H3/b7-6+/t22-/m0/s1. The Balaban J connectivity index is 1.87. The van der Waals surface area contributed by atoms with Gasteiger partial charge in [-0.25, -0.2) is 0 Å². The summed E-state index contributed by atoms with van der Waals surface area (Å²) in [5.74, 6) is 1.66. The molecule has 0 spiro atoms. The van der Waals surface area contributed by atoms with Crippen molar-refractivity contribution in [3.8, 4) is 11.4 Å². The molecule has 0 amide bonds. The Hall–Kier alpha value is -3.78. The van der Waals surface area contributed by atoms with E-state index in [0.717, 1.165) is 28.1 Å². The Morgan fingerprint density at radius 3 is 2.54 bits per heavy atom. The molecule has 3 aromatic rings. The first-order chi connectivity index (χ1) is 16.7. The molecule has 0 saturated carbocycles. The highest BCUT2D eigenvalue weighted by atomic mass is 16.6. The molecule has 2 N–H and O–H groups in total. The first-order valence-electron chi connectivity index (χ1n) is 11.6. The van der Waals surface area contributed by atoms with E-state index in [4.69, 9.17) is 20.2 Å². The summed E-state index contributed by atoms with van der Waals surface area (Å²) in [6, 6.07) is 13.3. The predicted molar refractivity (Wildman–Crippen MR) is 136 cm³/mol. The van der Waals surface area contributed by atoms with E-state index in [-0.39, 0.29) is 12.4 Å². The molecule has 2 aromatic carbocycles. The molecule has 0 fully saturated rings. The zero-order chi connectivity index (χ0) is 25.2. The van der Waals surface area contributed by atoms with Gasteiger partial charge in [0.05, 0.1) is 24.9 Å². The molecule has 0 radical (unpaired) electrons. The lowest BCUT2D eigenvalue weighted by Gasteiger charge is -2.20. The maximum absolute atomic E-state index is 12.8. The number of nitrogens with two attached hydrogens (primary N) is 1. The Morgan fingerprint density at radius 2 is 1.89 bits per heavy atom. The van der Waals surface area contributed by atoms with Crippen LogP contribution in [0, 0.1) is 6.92 Å². The molecule has 4 rings (SSSR count). The quantitative estimate of drug-likeness (QED) is 0.539. The molecule has 1 aromatic heterocycles. The van der Waals surface area contributed by atoms with Crippen molar-refractivity contribution in [2.75, 3.05) is 13.7 Å². The number of aromatic nitrogens is 3. The molecular weight excluding hydrogens is 442 g/mol. The number of carbonyl (C=O) groups excluding carboxylic acids is 1. The third kappa shape index (κ3) is 5.33. The number of hydrogen-bond acceptors (Lipinski definition) is 7. The Bertz CT molecular complexity index is 1280. The van der Waals surface area contributed by atoms with Gasteiger partial charge in [0.2, 0.25) is 0 Å². The van der Waals surface area contributed by atoms with Crippen molar-refractivity contribution in [1.29, 1.82) is 0 Å². The van der Waals surface area contributed by atoms with E-state index < -0.39 is 11.6 Å². The molecule has 1 atom stereocenters. The molecule has 1 aliphatic rings. The molecule has 0 unspecified atom stereocenters. The van der Waals surface area contributed by atoms with Gasteiger partial charge >= 0.3 is 5.97 Å². The van der Waals surface area contributed by atoms with E-state index in [1.54, 1.807) is 7.11 Å². The lowest BCUT2D eigenvalue weighted by molar-refractivity contribution is -0.155. The molecule has 182 valence electrons. The number of hydrogen-bond donors (Lipinski definition) is 1. The van der Waals surface area contributed by atoms with Crippen LogP contribution in [0.1, 0.15) is 61.6 Å². The number of aryl methyl sites for hydroxylation is 1. The van der Waals surface area contributed by atoms with E-state index in [9.17, 15) is 4.79 Å². The summed E-state index contributed by atoms with van der Waals surface area (Å²) >= 11 is 0. The average molecular weight is 474 g/mol. The van der Waals surface area contributed by atoms with Gasteiger partial charge in [-0.1, -0.05) is 36.4 Å². The smallest absolute Gasteiger partial charge is 0.308 e. The third-order valence-electron chi connectivity index (χ3n) is 5.54. The highest BCUT2D eigenvalue weighted by Crippen LogP contribution is 2.34. The SMILES string of the molecule is COc1ccc2c(c1)C(c1ccc(/C=C/CN)cc1)=N[C@@H](CC(=O)OC(C)(C)C)c1nnc(C)n1-2. The van der Waals surface area contributed by atoms with E-state index >= 15 is 0 Å². The molecule has 8 nitrogen and oxygen atoms in total. The largest absolute Gasteiger partial charge is 0.497 e. The minimum atomic E-state index is -0.596. The average Bonchev–Trinajstić information content (AvgIpc) is 3.14. The summed E-state index contributed by atoms with van der Waals surface area (Å²) in [5.41, 5.74) is 9.43. The van der Waals surface area contributed by atoms with Crippen molar-refractivity contribution >= 4 is 17.8 Å². The fraction of sp³-hybridized carbons (Fsp3) is 0.333. The molecule has 8 heteroatoms. The molecule has 35 heavy (non-hydrogen) atoms. The highest BCUT2D eigenvalue weighted by Gasteiger charge is 2.31. The van der Waals surface area contributed by atoms with E-state index in [2.05, 4.69) is 10.2 Å². The number of esters is 1. The highest BCUT2D eigenvalue weighted by molar-refractivity contribution is 6.15. The number of benzene rings is 2. The number of nitrogens with zero attached hydrogens (tertiary/aromatic N) is 4. The summed E-state index contributed by atoms with van der Waals surface area (Å²) in [7, 11) is 1.63. The van der Waals surface area contributed by atoms with Crippen LogP contribution in [0.25, 0.3) is 11.8 Å². The number of rotatable bonds is 6. The van der Waals surface area contributed by atoms with Crippen LogP contribution in [-0.2, 0) is 9.53 Å². The Morgan fingerprint density at radius 1 is 1.14 bits per heavy atom. The van der Waals surface area contributed by atoms with Crippen molar-refractivity contribution < 1.29 is 14.3 Å². The summed E-state index contributed by atoms with van der Waals surface area (Å²) in [6.07, 6.45) is 3.93. The first-order valence-corrected chi connectivity index (χ1v) is 11.6. The van der Waals surface area contributed by atoms with Crippen LogP contribution in [0.5, 0.6) is 5.75 Å². The fourth-order valence-corrected chi connectivity index (χ4v) is 4.07. The van der Waals surface area contributed by atoms with Crippen molar-refractivity contribution in [3.05, 3.63) is 76.9 Å². The van der Waals surface area contributed by atoms with Gasteiger partial charge in [0.15, 0.2) is 5.82 Å². The molecule has 0 bridgehead atoms. The van der Waals surface area contributed by atoms with Gasteiger partial charge < -0.3 is 15.2 Å². The van der Waals surface area contributed by atoms with Crippen molar-refractivity contribution in [2.45, 2.75) is 45.8 Å². The molecule has 0 saturated heterocycles. The van der Waals surface area contributed by atoms with Crippen molar-refractivity contribution in [1.82, 2.24) is 14.8 Å². The van der Waals surface area contributed by atoms with Gasteiger partial charge in [-0.2, -0.15) is 0 Å². The van der Waals surface area contributed by atoms with E-state index in [1.165, 1.54) is 0 Å². The predicted octanol–water partition coefficient (Wildman–Crippen LogP) is 4.18. The lowest BCUT2D eigenvalue weighted by Crippen LogP contribution is -2.25. The van der Waals surface area contributed by atoms with Gasteiger partial charge in [-0.05, 0) is 51.5 Å².